The van der Waals surface area contributed by atoms with Crippen LogP contribution in [0.4, 0.5) is 17.1 Å². The first-order valence-corrected chi connectivity index (χ1v) is 12.0. The summed E-state index contributed by atoms with van der Waals surface area (Å²) in [7, 11) is -3.92. The number of nitrogens with one attached hydrogen (secondary N) is 2. The van der Waals surface area contributed by atoms with Crippen LogP contribution < -0.4 is 19.7 Å². The molecule has 1 heterocycles. The van der Waals surface area contributed by atoms with Crippen LogP contribution in [0.25, 0.3) is 0 Å². The van der Waals surface area contributed by atoms with Gasteiger partial charge < -0.3 is 15.0 Å². The summed E-state index contributed by atoms with van der Waals surface area (Å²) in [6, 6.07) is 17.7. The Balaban J connectivity index is 1.61. The number of hydrogen-bond donors (Lipinski definition) is 2. The smallest absolute Gasteiger partial charge is 0.262 e. The minimum Gasteiger partial charge on any atom is -0.454 e. The normalized spacial score (nSPS) is 12.8. The van der Waals surface area contributed by atoms with Crippen molar-refractivity contribution in [1.82, 2.24) is 0 Å². The molecule has 0 fully saturated rings. The van der Waals surface area contributed by atoms with E-state index in [2.05, 4.69) is 10.0 Å². The van der Waals surface area contributed by atoms with E-state index >= 15 is 0 Å². The maximum Gasteiger partial charge on any atom is 0.262 e. The third-order valence-electron chi connectivity index (χ3n) is 5.17. The molecule has 4 rings (SSSR count). The van der Waals surface area contributed by atoms with Crippen molar-refractivity contribution in [1.29, 1.82) is 0 Å². The number of rotatable bonds is 6. The average Bonchev–Trinajstić information content (AvgIpc) is 2.92. The number of anilines is 3. The average molecular weight is 466 g/mol. The second kappa shape index (κ2) is 8.95. The molecular weight excluding hydrogens is 442 g/mol. The second-order valence-corrected chi connectivity index (χ2v) is 9.04. The molecule has 3 aromatic rings. The Bertz CT molecular complexity index is 1320. The summed E-state index contributed by atoms with van der Waals surface area (Å²) in [5.74, 6) is 0.454. The van der Waals surface area contributed by atoms with E-state index in [1.807, 2.05) is 19.1 Å². The zero-order valence-corrected chi connectivity index (χ0v) is 19.0. The number of carbonyl (C=O) groups excluding carboxylic acids is 2. The summed E-state index contributed by atoms with van der Waals surface area (Å²) in [6.45, 7) is 4.02. The number of hydrogen-bond acceptors (Lipinski definition) is 5. The Morgan fingerprint density at radius 3 is 2.33 bits per heavy atom. The summed E-state index contributed by atoms with van der Waals surface area (Å²) < 4.78 is 34.2. The van der Waals surface area contributed by atoms with Crippen molar-refractivity contribution in [2.24, 2.45) is 0 Å². The van der Waals surface area contributed by atoms with Crippen LogP contribution in [0.2, 0.25) is 0 Å². The van der Waals surface area contributed by atoms with Gasteiger partial charge in [0, 0.05) is 24.3 Å². The molecule has 170 valence electrons. The highest BCUT2D eigenvalue weighted by atomic mass is 32.2. The van der Waals surface area contributed by atoms with Gasteiger partial charge in [-0.05, 0) is 61.5 Å². The number of benzene rings is 3. The van der Waals surface area contributed by atoms with Gasteiger partial charge >= 0.3 is 0 Å². The van der Waals surface area contributed by atoms with Gasteiger partial charge in [0.15, 0.2) is 5.75 Å². The summed E-state index contributed by atoms with van der Waals surface area (Å²) in [4.78, 5) is 26.3. The third-order valence-corrected chi connectivity index (χ3v) is 6.57. The van der Waals surface area contributed by atoms with E-state index in [-0.39, 0.29) is 28.0 Å². The first kappa shape index (κ1) is 22.3. The largest absolute Gasteiger partial charge is 0.454 e. The lowest BCUT2D eigenvalue weighted by Gasteiger charge is -2.20. The van der Waals surface area contributed by atoms with Crippen molar-refractivity contribution >= 4 is 38.9 Å². The molecule has 0 aliphatic carbocycles. The Morgan fingerprint density at radius 2 is 1.64 bits per heavy atom. The zero-order valence-electron chi connectivity index (χ0n) is 18.2. The van der Waals surface area contributed by atoms with Crippen molar-refractivity contribution in [2.75, 3.05) is 21.5 Å². The molecule has 0 saturated heterocycles. The zero-order chi connectivity index (χ0) is 23.6. The molecule has 8 nitrogen and oxygen atoms in total. The quantitative estimate of drug-likeness (QED) is 0.553. The predicted octanol–water partition coefficient (Wildman–Crippen LogP) is 4.61. The van der Waals surface area contributed by atoms with Crippen molar-refractivity contribution in [2.45, 2.75) is 25.2 Å². The SMILES string of the molecule is CCC(=O)Nc1ccc(S(=O)(=O)Nc2ccc3c(c2)C(=O)N(CC)c2ccccc2O3)cc1. The first-order chi connectivity index (χ1) is 15.8. The van der Waals surface area contributed by atoms with Gasteiger partial charge in [-0.1, -0.05) is 19.1 Å². The molecule has 0 bridgehead atoms. The third kappa shape index (κ3) is 4.54. The molecule has 0 atom stereocenters. The van der Waals surface area contributed by atoms with Crippen LogP contribution in [0.3, 0.4) is 0 Å². The molecular formula is C24H23N3O5S. The Morgan fingerprint density at radius 1 is 0.939 bits per heavy atom. The molecule has 1 aliphatic heterocycles. The van der Waals surface area contributed by atoms with E-state index in [0.717, 1.165) is 0 Å². The summed E-state index contributed by atoms with van der Waals surface area (Å²) in [5.41, 5.74) is 1.65. The molecule has 2 N–H and O–H groups in total. The lowest BCUT2D eigenvalue weighted by Crippen LogP contribution is -2.29. The predicted molar refractivity (Wildman–Crippen MR) is 126 cm³/mol. The topological polar surface area (TPSA) is 105 Å². The van der Waals surface area contributed by atoms with Gasteiger partial charge in [0.1, 0.15) is 5.75 Å². The molecule has 9 heteroatoms. The van der Waals surface area contributed by atoms with Crippen LogP contribution in [-0.2, 0) is 14.8 Å². The fraction of sp³-hybridized carbons (Fsp3) is 0.167. The van der Waals surface area contributed by atoms with Crippen LogP contribution >= 0.6 is 0 Å². The number of carbonyl (C=O) groups is 2. The highest BCUT2D eigenvalue weighted by Gasteiger charge is 2.28. The van der Waals surface area contributed by atoms with Gasteiger partial charge in [0.2, 0.25) is 5.91 Å². The molecule has 3 aromatic carbocycles. The maximum atomic E-state index is 13.2. The van der Waals surface area contributed by atoms with E-state index in [4.69, 9.17) is 4.74 Å². The summed E-state index contributed by atoms with van der Waals surface area (Å²) in [6.07, 6.45) is 0.322. The van der Waals surface area contributed by atoms with Crippen LogP contribution in [0.1, 0.15) is 30.6 Å². The summed E-state index contributed by atoms with van der Waals surface area (Å²) in [5, 5.41) is 2.67. The van der Waals surface area contributed by atoms with E-state index in [0.29, 0.717) is 35.8 Å². The van der Waals surface area contributed by atoms with Crippen LogP contribution in [0, 0.1) is 0 Å². The highest BCUT2D eigenvalue weighted by Crippen LogP contribution is 2.39. The van der Waals surface area contributed by atoms with Crippen molar-refractivity contribution in [3.63, 3.8) is 0 Å². The van der Waals surface area contributed by atoms with Gasteiger partial charge in [-0.3, -0.25) is 14.3 Å². The lowest BCUT2D eigenvalue weighted by atomic mass is 10.1. The van der Waals surface area contributed by atoms with E-state index < -0.39 is 10.0 Å². The van der Waals surface area contributed by atoms with Gasteiger partial charge in [0.05, 0.1) is 16.1 Å². The number of ether oxygens (including phenoxy) is 1. The Labute approximate surface area is 192 Å². The fourth-order valence-electron chi connectivity index (χ4n) is 3.48. The van der Waals surface area contributed by atoms with Crippen molar-refractivity contribution in [3.8, 4) is 11.5 Å². The molecule has 2 amide bonds. The first-order valence-electron chi connectivity index (χ1n) is 10.5. The van der Waals surface area contributed by atoms with Crippen LogP contribution in [-0.4, -0.2) is 26.8 Å². The van der Waals surface area contributed by atoms with Gasteiger partial charge in [-0.2, -0.15) is 0 Å². The summed E-state index contributed by atoms with van der Waals surface area (Å²) >= 11 is 0. The molecule has 33 heavy (non-hydrogen) atoms. The second-order valence-electron chi connectivity index (χ2n) is 7.36. The maximum absolute atomic E-state index is 13.2. The number of fused-ring (bicyclic) bond motifs is 2. The number of sulfonamides is 1. The van der Waals surface area contributed by atoms with E-state index in [1.165, 1.54) is 30.3 Å². The van der Waals surface area contributed by atoms with Gasteiger partial charge in [-0.15, -0.1) is 0 Å². The van der Waals surface area contributed by atoms with E-state index in [9.17, 15) is 18.0 Å². The molecule has 0 saturated carbocycles. The fourth-order valence-corrected chi connectivity index (χ4v) is 4.53. The monoisotopic (exact) mass is 465 g/mol. The highest BCUT2D eigenvalue weighted by molar-refractivity contribution is 7.92. The lowest BCUT2D eigenvalue weighted by molar-refractivity contribution is -0.115. The Hall–Kier alpha value is -3.85. The number of amides is 2. The molecule has 0 radical (unpaired) electrons. The van der Waals surface area contributed by atoms with Crippen molar-refractivity contribution < 1.29 is 22.7 Å². The minimum absolute atomic E-state index is 0.0251. The standard InChI is InChI=1S/C24H23N3O5S/c1-3-23(28)25-16-9-12-18(13-10-16)33(30,31)26-17-11-14-21-19(15-17)24(29)27(4-2)20-7-5-6-8-22(20)32-21/h5-15,26H,3-4H2,1-2H3,(H,25,28). The number of para-hydroxylation sites is 2. The van der Waals surface area contributed by atoms with E-state index in [1.54, 1.807) is 36.1 Å². The van der Waals surface area contributed by atoms with Crippen molar-refractivity contribution in [3.05, 3.63) is 72.3 Å². The molecule has 0 unspecified atom stereocenters. The number of nitrogens with zero attached hydrogens (tertiary/aromatic N) is 1. The van der Waals surface area contributed by atoms with Gasteiger partial charge in [0.25, 0.3) is 15.9 Å². The van der Waals surface area contributed by atoms with Gasteiger partial charge in [-0.25, -0.2) is 8.42 Å². The van der Waals surface area contributed by atoms with Crippen LogP contribution in [0.15, 0.2) is 71.6 Å². The molecule has 1 aliphatic rings. The minimum atomic E-state index is -3.92. The molecule has 0 spiro atoms. The van der Waals surface area contributed by atoms with Crippen LogP contribution in [0.5, 0.6) is 11.5 Å². The molecule has 0 aromatic heterocycles. The Kier molecular flexibility index (Phi) is 6.06.